The van der Waals surface area contributed by atoms with Crippen LogP contribution in [0.2, 0.25) is 0 Å². The molecule has 3 N–H and O–H groups in total. The van der Waals surface area contributed by atoms with Crippen LogP contribution in [-0.4, -0.2) is 44.7 Å². The minimum atomic E-state index is -0.503. The molecule has 0 unspecified atom stereocenters. The highest BCUT2D eigenvalue weighted by molar-refractivity contribution is 5.94. The Morgan fingerprint density at radius 1 is 1.04 bits per heavy atom. The first-order valence-electron chi connectivity index (χ1n) is 9.05. The molecule has 0 saturated carbocycles. The third kappa shape index (κ3) is 5.43. The Hall–Kier alpha value is -3.13. The van der Waals surface area contributed by atoms with E-state index in [2.05, 4.69) is 20.9 Å². The second kappa shape index (κ2) is 9.18. The molecule has 1 saturated heterocycles. The van der Waals surface area contributed by atoms with E-state index in [0.29, 0.717) is 24.6 Å². The number of hydrogen-bond acceptors (Lipinski definition) is 5. The second-order valence-corrected chi connectivity index (χ2v) is 6.42. The summed E-state index contributed by atoms with van der Waals surface area (Å²) in [7, 11) is 0. The van der Waals surface area contributed by atoms with Crippen LogP contribution in [0.25, 0.3) is 0 Å². The van der Waals surface area contributed by atoms with Gasteiger partial charge in [0.05, 0.1) is 25.4 Å². The molecule has 0 atom stereocenters. The van der Waals surface area contributed by atoms with Gasteiger partial charge in [0.15, 0.2) is 0 Å². The molecule has 148 valence electrons. The van der Waals surface area contributed by atoms with Crippen LogP contribution in [0.4, 0.5) is 27.1 Å². The average Bonchev–Trinajstić information content (AvgIpc) is 2.69. The number of carbonyl (C=O) groups excluding carboxylic acids is 2. The van der Waals surface area contributed by atoms with Crippen molar-refractivity contribution in [1.82, 2.24) is 0 Å². The lowest BCUT2D eigenvalue weighted by Crippen LogP contribution is -2.36. The molecule has 2 aromatic carbocycles. The molecule has 7 nitrogen and oxygen atoms in total. The number of ether oxygens (including phenoxy) is 1. The van der Waals surface area contributed by atoms with Crippen molar-refractivity contribution < 1.29 is 18.7 Å². The average molecular weight is 386 g/mol. The van der Waals surface area contributed by atoms with Crippen LogP contribution in [0.15, 0.2) is 42.5 Å². The molecule has 0 radical (unpaired) electrons. The summed E-state index contributed by atoms with van der Waals surface area (Å²) in [6, 6.07) is 11.7. The molecular weight excluding hydrogens is 363 g/mol. The predicted molar refractivity (Wildman–Crippen MR) is 107 cm³/mol. The van der Waals surface area contributed by atoms with E-state index >= 15 is 0 Å². The van der Waals surface area contributed by atoms with Crippen LogP contribution >= 0.6 is 0 Å². The maximum absolute atomic E-state index is 13.9. The smallest absolute Gasteiger partial charge is 0.243 e. The molecule has 3 rings (SSSR count). The van der Waals surface area contributed by atoms with Gasteiger partial charge < -0.3 is 25.6 Å². The summed E-state index contributed by atoms with van der Waals surface area (Å²) >= 11 is 0. The Morgan fingerprint density at radius 3 is 2.39 bits per heavy atom. The molecule has 1 aliphatic rings. The quantitative estimate of drug-likeness (QED) is 0.711. The van der Waals surface area contributed by atoms with Gasteiger partial charge in [-0.15, -0.1) is 0 Å². The number of carbonyl (C=O) groups is 2. The van der Waals surface area contributed by atoms with E-state index < -0.39 is 5.82 Å². The summed E-state index contributed by atoms with van der Waals surface area (Å²) < 4.78 is 19.2. The number of nitrogens with one attached hydrogen (secondary N) is 3. The molecule has 2 amide bonds. The van der Waals surface area contributed by atoms with Crippen molar-refractivity contribution in [1.29, 1.82) is 0 Å². The first-order valence-corrected chi connectivity index (χ1v) is 9.05. The lowest BCUT2D eigenvalue weighted by Gasteiger charge is -2.28. The summed E-state index contributed by atoms with van der Waals surface area (Å²) in [6.07, 6.45) is 0. The Balaban J connectivity index is 1.53. The highest BCUT2D eigenvalue weighted by Gasteiger charge is 2.11. The Morgan fingerprint density at radius 2 is 1.71 bits per heavy atom. The van der Waals surface area contributed by atoms with Gasteiger partial charge >= 0.3 is 0 Å². The fourth-order valence-electron chi connectivity index (χ4n) is 2.90. The molecule has 1 heterocycles. The van der Waals surface area contributed by atoms with Gasteiger partial charge in [-0.05, 0) is 42.5 Å². The molecule has 1 aliphatic heterocycles. The summed E-state index contributed by atoms with van der Waals surface area (Å²) in [5, 5.41) is 8.10. The van der Waals surface area contributed by atoms with Crippen molar-refractivity contribution in [3.05, 3.63) is 48.3 Å². The van der Waals surface area contributed by atoms with Crippen LogP contribution in [0, 0.1) is 5.82 Å². The number of morpholine rings is 1. The Bertz CT molecular complexity index is 836. The maximum Gasteiger partial charge on any atom is 0.243 e. The minimum absolute atomic E-state index is 0.105. The van der Waals surface area contributed by atoms with E-state index in [0.717, 1.165) is 18.8 Å². The topological polar surface area (TPSA) is 82.7 Å². The number of anilines is 4. The van der Waals surface area contributed by atoms with E-state index in [1.807, 2.05) is 24.3 Å². The molecule has 0 bridgehead atoms. The molecule has 28 heavy (non-hydrogen) atoms. The molecule has 1 fully saturated rings. The third-order valence-electron chi connectivity index (χ3n) is 4.25. The lowest BCUT2D eigenvalue weighted by atomic mass is 10.2. The number of amides is 2. The van der Waals surface area contributed by atoms with Crippen molar-refractivity contribution in [2.24, 2.45) is 0 Å². The number of halogens is 1. The summed E-state index contributed by atoms with van der Waals surface area (Å²) in [5.41, 5.74) is 2.34. The van der Waals surface area contributed by atoms with E-state index in [4.69, 9.17) is 4.74 Å². The zero-order valence-corrected chi connectivity index (χ0v) is 15.6. The second-order valence-electron chi connectivity index (χ2n) is 6.42. The van der Waals surface area contributed by atoms with Crippen LogP contribution in [0.1, 0.15) is 6.92 Å². The van der Waals surface area contributed by atoms with Crippen molar-refractivity contribution in [3.63, 3.8) is 0 Å². The normalized spacial score (nSPS) is 13.7. The Labute approximate surface area is 162 Å². The third-order valence-corrected chi connectivity index (χ3v) is 4.25. The van der Waals surface area contributed by atoms with Crippen LogP contribution in [0.5, 0.6) is 0 Å². The molecular formula is C20H23FN4O3. The summed E-state index contributed by atoms with van der Waals surface area (Å²) in [5.74, 6) is -1.06. The van der Waals surface area contributed by atoms with Crippen LogP contribution in [-0.2, 0) is 14.3 Å². The summed E-state index contributed by atoms with van der Waals surface area (Å²) in [4.78, 5) is 25.5. The monoisotopic (exact) mass is 386 g/mol. The molecule has 2 aromatic rings. The SMILES string of the molecule is CC(=O)Nc1ccc(F)c(NCC(=O)Nc2ccc(N3CCOCC3)cc2)c1. The first kappa shape index (κ1) is 19.6. The highest BCUT2D eigenvalue weighted by Crippen LogP contribution is 2.21. The van der Waals surface area contributed by atoms with Gasteiger partial charge in [-0.2, -0.15) is 0 Å². The fraction of sp³-hybridized carbons (Fsp3) is 0.300. The number of nitrogens with zero attached hydrogens (tertiary/aromatic N) is 1. The van der Waals surface area contributed by atoms with Crippen molar-refractivity contribution in [3.8, 4) is 0 Å². The van der Waals surface area contributed by atoms with Gasteiger partial charge in [-0.1, -0.05) is 0 Å². The van der Waals surface area contributed by atoms with E-state index in [1.165, 1.54) is 25.1 Å². The van der Waals surface area contributed by atoms with Crippen molar-refractivity contribution >= 4 is 34.6 Å². The van der Waals surface area contributed by atoms with E-state index in [1.54, 1.807) is 0 Å². The molecule has 0 aromatic heterocycles. The standard InChI is InChI=1S/C20H23FN4O3/c1-14(26)23-16-4-7-18(21)19(12-16)22-13-20(27)24-15-2-5-17(6-3-15)25-8-10-28-11-9-25/h2-7,12,22H,8-11,13H2,1H3,(H,23,26)(H,24,27). The molecule has 8 heteroatoms. The van der Waals surface area contributed by atoms with Gasteiger partial charge in [0.1, 0.15) is 5.82 Å². The minimum Gasteiger partial charge on any atom is -0.378 e. The van der Waals surface area contributed by atoms with E-state index in [-0.39, 0.29) is 24.0 Å². The van der Waals surface area contributed by atoms with Gasteiger partial charge in [0, 0.05) is 37.1 Å². The number of rotatable bonds is 6. The van der Waals surface area contributed by atoms with Gasteiger partial charge in [0.2, 0.25) is 11.8 Å². The first-order chi connectivity index (χ1) is 13.5. The number of hydrogen-bond donors (Lipinski definition) is 3. The summed E-state index contributed by atoms with van der Waals surface area (Å²) in [6.45, 7) is 4.38. The van der Waals surface area contributed by atoms with Crippen LogP contribution in [0.3, 0.4) is 0 Å². The Kier molecular flexibility index (Phi) is 6.44. The van der Waals surface area contributed by atoms with Gasteiger partial charge in [0.25, 0.3) is 0 Å². The van der Waals surface area contributed by atoms with Gasteiger partial charge in [-0.3, -0.25) is 9.59 Å². The zero-order chi connectivity index (χ0) is 19.9. The highest BCUT2D eigenvalue weighted by atomic mass is 19.1. The predicted octanol–water partition coefficient (Wildman–Crippen LogP) is 2.67. The lowest BCUT2D eigenvalue weighted by molar-refractivity contribution is -0.115. The van der Waals surface area contributed by atoms with E-state index in [9.17, 15) is 14.0 Å². The maximum atomic E-state index is 13.9. The zero-order valence-electron chi connectivity index (χ0n) is 15.6. The molecule has 0 spiro atoms. The van der Waals surface area contributed by atoms with Crippen LogP contribution < -0.4 is 20.9 Å². The number of benzene rings is 2. The van der Waals surface area contributed by atoms with Gasteiger partial charge in [-0.25, -0.2) is 4.39 Å². The largest absolute Gasteiger partial charge is 0.378 e. The fourth-order valence-corrected chi connectivity index (χ4v) is 2.90. The van der Waals surface area contributed by atoms with Crippen molar-refractivity contribution in [2.45, 2.75) is 6.92 Å². The van der Waals surface area contributed by atoms with Crippen molar-refractivity contribution in [2.75, 3.05) is 53.7 Å². The molecule has 0 aliphatic carbocycles.